The third-order valence-corrected chi connectivity index (χ3v) is 6.04. The smallest absolute Gasteiger partial charge is 0.155 e. The van der Waals surface area contributed by atoms with Crippen LogP contribution >= 0.6 is 0 Å². The van der Waals surface area contributed by atoms with Crippen molar-refractivity contribution < 1.29 is 9.59 Å². The number of carbonyl (C=O) groups excluding carboxylic acids is 2. The zero-order valence-electron chi connectivity index (χ0n) is 21.1. The second-order valence-electron chi connectivity index (χ2n) is 12.6. The fourth-order valence-corrected chi connectivity index (χ4v) is 3.88. The van der Waals surface area contributed by atoms with Gasteiger partial charge in [0.1, 0.15) is 0 Å². The van der Waals surface area contributed by atoms with Gasteiger partial charge in [0.25, 0.3) is 0 Å². The molecule has 0 bridgehead atoms. The number of carbonyl (C=O) groups is 2. The Balaban J connectivity index is 2.79. The van der Waals surface area contributed by atoms with E-state index in [1.54, 1.807) is 0 Å². The van der Waals surface area contributed by atoms with E-state index >= 15 is 0 Å². The van der Waals surface area contributed by atoms with E-state index in [9.17, 15) is 9.59 Å². The molecule has 0 unspecified atom stereocenters. The zero-order chi connectivity index (χ0) is 22.8. The first kappa shape index (κ1) is 26.3. The van der Waals surface area contributed by atoms with Crippen LogP contribution in [0.5, 0.6) is 0 Å². The molecule has 1 fully saturated rings. The average molecular weight is 409 g/mol. The predicted octanol–water partition coefficient (Wildman–Crippen LogP) is 5.29. The van der Waals surface area contributed by atoms with Gasteiger partial charge in [-0.25, -0.2) is 0 Å². The van der Waals surface area contributed by atoms with Crippen molar-refractivity contribution in [3.05, 3.63) is 0 Å². The molecule has 0 heterocycles. The quantitative estimate of drug-likeness (QED) is 0.488. The molecule has 170 valence electrons. The normalized spacial score (nSPS) is 18.4. The van der Waals surface area contributed by atoms with Crippen LogP contribution in [0.3, 0.4) is 0 Å². The van der Waals surface area contributed by atoms with Gasteiger partial charge in [-0.1, -0.05) is 41.5 Å². The lowest BCUT2D eigenvalue weighted by atomic mass is 9.75. The van der Waals surface area contributed by atoms with Crippen molar-refractivity contribution in [1.82, 2.24) is 10.6 Å². The van der Waals surface area contributed by atoms with E-state index in [2.05, 4.69) is 66.0 Å². The van der Waals surface area contributed by atoms with E-state index in [0.29, 0.717) is 11.7 Å². The SMILES string of the molecule is CC[C@H](NC(C)(C)CCC(C)(C)C(=O)[C@@H](NC(C)(C)C)C1CC1)C(=O)C(C)(C)C. The summed E-state index contributed by atoms with van der Waals surface area (Å²) in [5.41, 5.74) is -1.01. The predicted molar refractivity (Wildman–Crippen MR) is 123 cm³/mol. The first-order valence-electron chi connectivity index (χ1n) is 11.5. The van der Waals surface area contributed by atoms with Gasteiger partial charge in [0.15, 0.2) is 11.6 Å². The molecule has 1 rings (SSSR count). The highest BCUT2D eigenvalue weighted by molar-refractivity contribution is 5.90. The van der Waals surface area contributed by atoms with E-state index in [4.69, 9.17) is 0 Å². The zero-order valence-corrected chi connectivity index (χ0v) is 21.1. The first-order chi connectivity index (χ1) is 12.9. The van der Waals surface area contributed by atoms with Crippen molar-refractivity contribution in [3.63, 3.8) is 0 Å². The summed E-state index contributed by atoms with van der Waals surface area (Å²) in [5.74, 6) is 1.08. The molecular formula is C25H48N2O2. The Morgan fingerprint density at radius 1 is 0.828 bits per heavy atom. The summed E-state index contributed by atoms with van der Waals surface area (Å²) in [6.07, 6.45) is 4.74. The molecule has 4 heteroatoms. The minimum atomic E-state index is -0.389. The topological polar surface area (TPSA) is 58.2 Å². The van der Waals surface area contributed by atoms with Gasteiger partial charge in [0.05, 0.1) is 12.1 Å². The third-order valence-electron chi connectivity index (χ3n) is 6.04. The molecule has 29 heavy (non-hydrogen) atoms. The van der Waals surface area contributed by atoms with Crippen molar-refractivity contribution in [2.45, 2.75) is 131 Å². The average Bonchev–Trinajstić information content (AvgIpc) is 3.38. The number of nitrogens with one attached hydrogen (secondary N) is 2. The fraction of sp³-hybridized carbons (Fsp3) is 0.920. The Hall–Kier alpha value is -0.740. The maximum atomic E-state index is 13.4. The second-order valence-corrected chi connectivity index (χ2v) is 12.6. The van der Waals surface area contributed by atoms with Crippen LogP contribution in [0.1, 0.15) is 108 Å². The van der Waals surface area contributed by atoms with Crippen LogP contribution in [0.2, 0.25) is 0 Å². The van der Waals surface area contributed by atoms with Crippen LogP contribution in [0, 0.1) is 16.7 Å². The van der Waals surface area contributed by atoms with Crippen LogP contribution in [0.25, 0.3) is 0 Å². The van der Waals surface area contributed by atoms with Gasteiger partial charge in [-0.05, 0) is 72.6 Å². The molecule has 1 saturated carbocycles. The van der Waals surface area contributed by atoms with E-state index in [1.807, 2.05) is 20.8 Å². The van der Waals surface area contributed by atoms with Crippen molar-refractivity contribution >= 4 is 11.6 Å². The molecule has 0 radical (unpaired) electrons. The lowest BCUT2D eigenvalue weighted by molar-refractivity contribution is -0.131. The summed E-state index contributed by atoms with van der Waals surface area (Å²) >= 11 is 0. The number of rotatable bonds is 11. The summed E-state index contributed by atoms with van der Waals surface area (Å²) in [6.45, 7) is 22.9. The first-order valence-corrected chi connectivity index (χ1v) is 11.5. The second kappa shape index (κ2) is 9.18. The molecular weight excluding hydrogens is 360 g/mol. The molecule has 0 aliphatic heterocycles. The van der Waals surface area contributed by atoms with Crippen LogP contribution < -0.4 is 10.6 Å². The van der Waals surface area contributed by atoms with E-state index in [-0.39, 0.29) is 39.8 Å². The maximum absolute atomic E-state index is 13.4. The number of Topliss-reactive ketones (excluding diaryl/α,β-unsaturated/α-hetero) is 2. The molecule has 0 aromatic heterocycles. The summed E-state index contributed by atoms with van der Waals surface area (Å²) < 4.78 is 0. The summed E-state index contributed by atoms with van der Waals surface area (Å²) in [6, 6.07) is -0.197. The van der Waals surface area contributed by atoms with Gasteiger partial charge in [0.2, 0.25) is 0 Å². The van der Waals surface area contributed by atoms with Crippen molar-refractivity contribution in [3.8, 4) is 0 Å². The van der Waals surface area contributed by atoms with Crippen LogP contribution in [-0.2, 0) is 9.59 Å². The Kier molecular flexibility index (Phi) is 8.32. The van der Waals surface area contributed by atoms with E-state index in [0.717, 1.165) is 32.1 Å². The summed E-state index contributed by atoms with van der Waals surface area (Å²) in [7, 11) is 0. The molecule has 0 saturated heterocycles. The van der Waals surface area contributed by atoms with Crippen molar-refractivity contribution in [2.75, 3.05) is 0 Å². The van der Waals surface area contributed by atoms with Crippen LogP contribution in [0.15, 0.2) is 0 Å². The largest absolute Gasteiger partial charge is 0.302 e. The molecule has 2 atom stereocenters. The Morgan fingerprint density at radius 2 is 1.34 bits per heavy atom. The highest BCUT2D eigenvalue weighted by atomic mass is 16.1. The van der Waals surface area contributed by atoms with Gasteiger partial charge in [-0.15, -0.1) is 0 Å². The van der Waals surface area contributed by atoms with Gasteiger partial charge in [-0.2, -0.15) is 0 Å². The molecule has 0 aromatic rings. The number of hydrogen-bond acceptors (Lipinski definition) is 4. The lowest BCUT2D eigenvalue weighted by Crippen LogP contribution is -2.54. The summed E-state index contributed by atoms with van der Waals surface area (Å²) in [5, 5.41) is 7.17. The van der Waals surface area contributed by atoms with Crippen molar-refractivity contribution in [2.24, 2.45) is 16.7 Å². The minimum Gasteiger partial charge on any atom is -0.302 e. The Labute approximate surface area is 180 Å². The van der Waals surface area contributed by atoms with Crippen molar-refractivity contribution in [1.29, 1.82) is 0 Å². The monoisotopic (exact) mass is 408 g/mol. The lowest BCUT2D eigenvalue weighted by Gasteiger charge is -2.37. The van der Waals surface area contributed by atoms with Gasteiger partial charge < -0.3 is 10.6 Å². The van der Waals surface area contributed by atoms with E-state index in [1.165, 1.54) is 0 Å². The van der Waals surface area contributed by atoms with Crippen LogP contribution in [0.4, 0.5) is 0 Å². The fourth-order valence-electron chi connectivity index (χ4n) is 3.88. The summed E-state index contributed by atoms with van der Waals surface area (Å²) in [4.78, 5) is 26.2. The molecule has 2 N–H and O–H groups in total. The Morgan fingerprint density at radius 3 is 1.72 bits per heavy atom. The molecule has 1 aliphatic rings. The Bertz CT molecular complexity index is 575. The number of hydrogen-bond donors (Lipinski definition) is 2. The van der Waals surface area contributed by atoms with E-state index < -0.39 is 0 Å². The highest BCUT2D eigenvalue weighted by Crippen LogP contribution is 2.39. The highest BCUT2D eigenvalue weighted by Gasteiger charge is 2.44. The van der Waals surface area contributed by atoms with Gasteiger partial charge in [-0.3, -0.25) is 9.59 Å². The maximum Gasteiger partial charge on any atom is 0.155 e. The molecule has 0 aromatic carbocycles. The molecule has 1 aliphatic carbocycles. The third kappa shape index (κ3) is 8.49. The molecule has 0 amide bonds. The standard InChI is InChI=1S/C25H48N2O2/c1-12-18(20(28)22(2,3)4)26-25(10,11)16-15-24(8,9)21(29)19(17-13-14-17)27-23(5,6)7/h17-19,26-27H,12-16H2,1-11H3/t18-,19-/m0/s1. The number of ketones is 2. The molecule has 4 nitrogen and oxygen atoms in total. The molecule has 0 spiro atoms. The van der Waals surface area contributed by atoms with Gasteiger partial charge >= 0.3 is 0 Å². The van der Waals surface area contributed by atoms with Crippen LogP contribution in [-0.4, -0.2) is 34.7 Å². The van der Waals surface area contributed by atoms with Gasteiger partial charge in [0, 0.05) is 21.9 Å². The minimum absolute atomic E-state index is 0.0491.